The first kappa shape index (κ1) is 34.8. The van der Waals surface area contributed by atoms with E-state index in [9.17, 15) is 23.1 Å². The normalized spacial score (nSPS) is 26.0. The summed E-state index contributed by atoms with van der Waals surface area (Å²) in [7, 11) is -3.56. The number of hydrogen-bond acceptors (Lipinski definition) is 7. The second-order valence-electron chi connectivity index (χ2n) is 13.5. The zero-order valence-electron chi connectivity index (χ0n) is 26.3. The molecular formula is C31H57N5O5S. The lowest BCUT2D eigenvalue weighted by Crippen LogP contribution is -2.50. The Morgan fingerprint density at radius 1 is 1.05 bits per heavy atom. The largest absolute Gasteiger partial charge is 0.395 e. The van der Waals surface area contributed by atoms with Gasteiger partial charge in [-0.3, -0.25) is 9.59 Å². The first-order chi connectivity index (χ1) is 19.9. The van der Waals surface area contributed by atoms with Crippen molar-refractivity contribution < 1.29 is 23.1 Å². The standard InChI is InChI=1S/C31H57N5O5S/c1-21(2)19-36(42(40,41)26-14-12-24(32)13-15-26)25(20-37)9-7-8-16-33-31(39)29(35-30(38)22(3)4)17-23-18-34-28-11-6-5-10-27(23)28/h18,21-22,24-29,34,37H,5-17,19-20,32H2,1-4H3,(H,33,39)(H,35,38)/t24?,25-,26?,27?,28?,29-/m0/s1. The van der Waals surface area contributed by atoms with Gasteiger partial charge in [-0.1, -0.05) is 47.0 Å². The average Bonchev–Trinajstić information content (AvgIpc) is 3.36. The Morgan fingerprint density at radius 3 is 2.38 bits per heavy atom. The maximum Gasteiger partial charge on any atom is 0.242 e. The number of nitrogens with zero attached hydrogens (tertiary/aromatic N) is 1. The lowest BCUT2D eigenvalue weighted by atomic mass is 9.80. The van der Waals surface area contributed by atoms with Crippen LogP contribution in [-0.2, 0) is 19.6 Å². The summed E-state index contributed by atoms with van der Waals surface area (Å²) in [6.45, 7) is 8.18. The van der Waals surface area contributed by atoms with Crippen LogP contribution in [0.5, 0.6) is 0 Å². The van der Waals surface area contributed by atoms with Gasteiger partial charge in [0, 0.05) is 43.1 Å². The molecule has 0 spiro atoms. The fourth-order valence-corrected chi connectivity index (χ4v) is 9.00. The quantitative estimate of drug-likeness (QED) is 0.168. The molecule has 2 aliphatic carbocycles. The second kappa shape index (κ2) is 16.4. The molecule has 0 radical (unpaired) electrons. The number of nitrogens with one attached hydrogen (secondary N) is 3. The number of nitrogens with two attached hydrogens (primary N) is 1. The van der Waals surface area contributed by atoms with Gasteiger partial charge in [0.2, 0.25) is 21.8 Å². The number of carbonyl (C=O) groups excluding carboxylic acids is 2. The van der Waals surface area contributed by atoms with Gasteiger partial charge in [-0.2, -0.15) is 4.31 Å². The van der Waals surface area contributed by atoms with E-state index < -0.39 is 27.4 Å². The van der Waals surface area contributed by atoms with E-state index in [-0.39, 0.29) is 36.3 Å². The van der Waals surface area contributed by atoms with Crippen LogP contribution >= 0.6 is 0 Å². The lowest BCUT2D eigenvalue weighted by molar-refractivity contribution is -0.130. The Kier molecular flexibility index (Phi) is 13.6. The summed E-state index contributed by atoms with van der Waals surface area (Å²) in [6, 6.07) is -0.624. The molecule has 0 aromatic rings. The van der Waals surface area contributed by atoms with Crippen molar-refractivity contribution in [3.63, 3.8) is 0 Å². The van der Waals surface area contributed by atoms with E-state index in [1.165, 1.54) is 22.7 Å². The van der Waals surface area contributed by atoms with Crippen LogP contribution in [0.1, 0.15) is 105 Å². The fraction of sp³-hybridized carbons (Fsp3) is 0.871. The van der Waals surface area contributed by atoms with Gasteiger partial charge in [0.05, 0.1) is 11.9 Å². The summed E-state index contributed by atoms with van der Waals surface area (Å²) < 4.78 is 28.8. The summed E-state index contributed by atoms with van der Waals surface area (Å²) >= 11 is 0. The molecule has 3 rings (SSSR count). The molecule has 1 heterocycles. The predicted octanol–water partition coefficient (Wildman–Crippen LogP) is 2.77. The summed E-state index contributed by atoms with van der Waals surface area (Å²) in [5.74, 6) is 0.00699. The number of aliphatic hydroxyl groups is 1. The smallest absolute Gasteiger partial charge is 0.242 e. The number of sulfonamides is 1. The minimum absolute atomic E-state index is 0.0628. The number of hydrogen-bond donors (Lipinski definition) is 5. The van der Waals surface area contributed by atoms with Crippen molar-refractivity contribution >= 4 is 21.8 Å². The van der Waals surface area contributed by atoms with Crippen LogP contribution in [0.3, 0.4) is 0 Å². The Hall–Kier alpha value is -1.69. The summed E-state index contributed by atoms with van der Waals surface area (Å²) in [6.07, 6.45) is 11.6. The number of unbranched alkanes of at least 4 members (excludes halogenated alkanes) is 1. The zero-order valence-corrected chi connectivity index (χ0v) is 27.1. The van der Waals surface area contributed by atoms with E-state index in [1.54, 1.807) is 0 Å². The van der Waals surface area contributed by atoms with Crippen LogP contribution in [0.25, 0.3) is 0 Å². The molecule has 2 saturated carbocycles. The highest BCUT2D eigenvalue weighted by Gasteiger charge is 2.38. The van der Waals surface area contributed by atoms with E-state index >= 15 is 0 Å². The highest BCUT2D eigenvalue weighted by atomic mass is 32.2. The van der Waals surface area contributed by atoms with Crippen molar-refractivity contribution in [2.45, 2.75) is 134 Å². The lowest BCUT2D eigenvalue weighted by Gasteiger charge is -2.36. The zero-order chi connectivity index (χ0) is 30.9. The van der Waals surface area contributed by atoms with Crippen molar-refractivity contribution in [3.05, 3.63) is 11.8 Å². The Bertz CT molecular complexity index is 1010. The number of aliphatic hydroxyl groups excluding tert-OH is 1. The summed E-state index contributed by atoms with van der Waals surface area (Å²) in [5, 5.41) is 19.2. The van der Waals surface area contributed by atoms with E-state index in [2.05, 4.69) is 22.2 Å². The maximum absolute atomic E-state index is 13.6. The van der Waals surface area contributed by atoms with Crippen LogP contribution in [-0.4, -0.2) is 78.8 Å². The minimum atomic E-state index is -3.56. The topological polar surface area (TPSA) is 154 Å². The Balaban J connectivity index is 1.54. The molecule has 10 nitrogen and oxygen atoms in total. The van der Waals surface area contributed by atoms with Crippen LogP contribution < -0.4 is 21.7 Å². The van der Waals surface area contributed by atoms with E-state index in [1.807, 2.05) is 27.7 Å². The number of fused-ring (bicyclic) bond motifs is 1. The molecule has 242 valence electrons. The molecule has 6 N–H and O–H groups in total. The number of rotatable bonds is 16. The number of amides is 2. The first-order valence-electron chi connectivity index (χ1n) is 16.3. The SMILES string of the molecule is CC(C)CN([C@H](CO)CCCCNC(=O)[C@H](CC1=CNC2CCCCC12)NC(=O)C(C)C)S(=O)(=O)C1CCC(N)CC1. The molecule has 4 atom stereocenters. The van der Waals surface area contributed by atoms with Gasteiger partial charge in [-0.05, 0) is 75.5 Å². The van der Waals surface area contributed by atoms with Crippen LogP contribution in [0.2, 0.25) is 0 Å². The van der Waals surface area contributed by atoms with Crippen molar-refractivity contribution in [2.24, 2.45) is 23.5 Å². The highest BCUT2D eigenvalue weighted by Crippen LogP contribution is 2.36. The molecule has 1 aliphatic heterocycles. The monoisotopic (exact) mass is 611 g/mol. The molecule has 2 unspecified atom stereocenters. The van der Waals surface area contributed by atoms with Gasteiger partial charge in [0.15, 0.2) is 0 Å². The van der Waals surface area contributed by atoms with Gasteiger partial charge in [0.25, 0.3) is 0 Å². The van der Waals surface area contributed by atoms with Crippen LogP contribution in [0, 0.1) is 17.8 Å². The van der Waals surface area contributed by atoms with Crippen molar-refractivity contribution in [3.8, 4) is 0 Å². The van der Waals surface area contributed by atoms with Crippen LogP contribution in [0.15, 0.2) is 11.8 Å². The molecule has 2 fully saturated rings. The third kappa shape index (κ3) is 9.66. The molecule has 42 heavy (non-hydrogen) atoms. The predicted molar refractivity (Wildman–Crippen MR) is 167 cm³/mol. The van der Waals surface area contributed by atoms with Gasteiger partial charge < -0.3 is 26.8 Å². The fourth-order valence-electron chi connectivity index (χ4n) is 6.65. The van der Waals surface area contributed by atoms with E-state index in [0.29, 0.717) is 76.4 Å². The Morgan fingerprint density at radius 2 is 1.74 bits per heavy atom. The first-order valence-corrected chi connectivity index (χ1v) is 17.8. The third-order valence-corrected chi connectivity index (χ3v) is 11.6. The van der Waals surface area contributed by atoms with Crippen LogP contribution in [0.4, 0.5) is 0 Å². The van der Waals surface area contributed by atoms with Gasteiger partial charge in [-0.15, -0.1) is 0 Å². The molecule has 11 heteroatoms. The molecule has 3 aliphatic rings. The summed E-state index contributed by atoms with van der Waals surface area (Å²) in [5.41, 5.74) is 7.23. The van der Waals surface area contributed by atoms with Gasteiger partial charge in [-0.25, -0.2) is 8.42 Å². The minimum Gasteiger partial charge on any atom is -0.395 e. The molecule has 0 saturated heterocycles. The maximum atomic E-state index is 13.6. The molecular weight excluding hydrogens is 554 g/mol. The molecule has 0 aromatic heterocycles. The highest BCUT2D eigenvalue weighted by molar-refractivity contribution is 7.89. The second-order valence-corrected chi connectivity index (χ2v) is 15.6. The molecule has 0 bridgehead atoms. The van der Waals surface area contributed by atoms with Crippen molar-refractivity contribution in [1.29, 1.82) is 0 Å². The van der Waals surface area contributed by atoms with Gasteiger partial charge in [0.1, 0.15) is 6.04 Å². The average molecular weight is 612 g/mol. The summed E-state index contributed by atoms with van der Waals surface area (Å²) in [4.78, 5) is 25.8. The number of carbonyl (C=O) groups is 2. The van der Waals surface area contributed by atoms with Crippen molar-refractivity contribution in [1.82, 2.24) is 20.3 Å². The Labute approximate surface area is 254 Å². The third-order valence-electron chi connectivity index (χ3n) is 9.22. The molecule has 2 amide bonds. The van der Waals surface area contributed by atoms with E-state index in [0.717, 1.165) is 12.8 Å². The van der Waals surface area contributed by atoms with E-state index in [4.69, 9.17) is 5.73 Å². The molecule has 0 aromatic carbocycles. The van der Waals surface area contributed by atoms with Crippen molar-refractivity contribution in [2.75, 3.05) is 19.7 Å². The van der Waals surface area contributed by atoms with Gasteiger partial charge >= 0.3 is 0 Å².